The van der Waals surface area contributed by atoms with Gasteiger partial charge in [-0.05, 0) is 47.7 Å². The van der Waals surface area contributed by atoms with Crippen molar-refractivity contribution in [3.05, 3.63) is 69.3 Å². The number of H-pyrrole nitrogens is 1. The first-order valence-electron chi connectivity index (χ1n) is 7.88. The largest absolute Gasteiger partial charge is 0.357 e. The Bertz CT molecular complexity index is 817. The van der Waals surface area contributed by atoms with E-state index in [9.17, 15) is 0 Å². The lowest BCUT2D eigenvalue weighted by atomic mass is 9.94. The number of fused-ring (bicyclic) bond motifs is 3. The van der Waals surface area contributed by atoms with Crippen LogP contribution in [0.5, 0.6) is 0 Å². The standard InChI is InChI=1S/C19H19BrN2/c1-2-12-3-5-13(6-4-12)18-19-15(9-10-21-18)16-11-14(20)7-8-17(16)22-19/h3-8,11,18,21-22H,2,9-10H2,1H3. The topological polar surface area (TPSA) is 27.8 Å². The number of halogens is 1. The van der Waals surface area contributed by atoms with Gasteiger partial charge in [-0.1, -0.05) is 47.1 Å². The molecule has 1 atom stereocenters. The second-order valence-electron chi connectivity index (χ2n) is 5.94. The second kappa shape index (κ2) is 5.56. The average Bonchev–Trinajstić information content (AvgIpc) is 2.93. The molecule has 0 radical (unpaired) electrons. The van der Waals surface area contributed by atoms with Crippen LogP contribution in [0.15, 0.2) is 46.9 Å². The second-order valence-corrected chi connectivity index (χ2v) is 6.86. The zero-order chi connectivity index (χ0) is 15.1. The molecule has 1 aromatic heterocycles. The lowest BCUT2D eigenvalue weighted by Gasteiger charge is -2.25. The number of aryl methyl sites for hydroxylation is 1. The van der Waals surface area contributed by atoms with Gasteiger partial charge in [0.05, 0.1) is 6.04 Å². The van der Waals surface area contributed by atoms with E-state index in [1.54, 1.807) is 0 Å². The number of hydrogen-bond acceptors (Lipinski definition) is 1. The van der Waals surface area contributed by atoms with Gasteiger partial charge in [-0.3, -0.25) is 0 Å². The minimum Gasteiger partial charge on any atom is -0.357 e. The van der Waals surface area contributed by atoms with Gasteiger partial charge in [0.2, 0.25) is 0 Å². The van der Waals surface area contributed by atoms with E-state index in [-0.39, 0.29) is 6.04 Å². The van der Waals surface area contributed by atoms with Gasteiger partial charge in [0, 0.05) is 27.6 Å². The highest BCUT2D eigenvalue weighted by molar-refractivity contribution is 9.10. The molecule has 0 saturated heterocycles. The van der Waals surface area contributed by atoms with Gasteiger partial charge in [-0.15, -0.1) is 0 Å². The van der Waals surface area contributed by atoms with Crippen LogP contribution in [-0.2, 0) is 12.8 Å². The molecule has 0 bridgehead atoms. The van der Waals surface area contributed by atoms with Crippen LogP contribution in [0.2, 0.25) is 0 Å². The molecule has 1 aliphatic heterocycles. The fourth-order valence-electron chi connectivity index (χ4n) is 3.43. The van der Waals surface area contributed by atoms with E-state index < -0.39 is 0 Å². The molecular formula is C19H19BrN2. The highest BCUT2D eigenvalue weighted by Gasteiger charge is 2.25. The third-order valence-corrected chi connectivity index (χ3v) is 5.13. The fourth-order valence-corrected chi connectivity index (χ4v) is 3.79. The average molecular weight is 355 g/mol. The highest BCUT2D eigenvalue weighted by atomic mass is 79.9. The molecule has 0 saturated carbocycles. The Morgan fingerprint density at radius 2 is 1.95 bits per heavy atom. The fraction of sp³-hybridized carbons (Fsp3) is 0.263. The lowest BCUT2D eigenvalue weighted by molar-refractivity contribution is 0.560. The summed E-state index contributed by atoms with van der Waals surface area (Å²) in [5, 5.41) is 5.01. The number of aromatic amines is 1. The molecule has 3 aromatic rings. The van der Waals surface area contributed by atoms with Crippen molar-refractivity contribution >= 4 is 26.8 Å². The molecule has 0 fully saturated rings. The maximum atomic E-state index is 3.66. The van der Waals surface area contributed by atoms with Crippen molar-refractivity contribution in [1.82, 2.24) is 10.3 Å². The Labute approximate surface area is 139 Å². The first-order valence-corrected chi connectivity index (χ1v) is 8.68. The molecule has 4 rings (SSSR count). The van der Waals surface area contributed by atoms with Crippen LogP contribution in [0.3, 0.4) is 0 Å². The zero-order valence-electron chi connectivity index (χ0n) is 12.6. The van der Waals surface area contributed by atoms with Gasteiger partial charge < -0.3 is 10.3 Å². The minimum absolute atomic E-state index is 0.265. The molecule has 0 spiro atoms. The summed E-state index contributed by atoms with van der Waals surface area (Å²) in [5.41, 5.74) is 6.74. The molecule has 1 aliphatic rings. The first kappa shape index (κ1) is 14.0. The van der Waals surface area contributed by atoms with Crippen molar-refractivity contribution < 1.29 is 0 Å². The van der Waals surface area contributed by atoms with Gasteiger partial charge in [0.1, 0.15) is 0 Å². The summed E-state index contributed by atoms with van der Waals surface area (Å²) in [6.07, 6.45) is 2.17. The zero-order valence-corrected chi connectivity index (χ0v) is 14.2. The van der Waals surface area contributed by atoms with Crippen LogP contribution in [0, 0.1) is 0 Å². The summed E-state index contributed by atoms with van der Waals surface area (Å²) in [7, 11) is 0. The van der Waals surface area contributed by atoms with Crippen molar-refractivity contribution in [2.75, 3.05) is 6.54 Å². The normalized spacial score (nSPS) is 17.6. The summed E-state index contributed by atoms with van der Waals surface area (Å²) >= 11 is 3.59. The van der Waals surface area contributed by atoms with E-state index in [4.69, 9.17) is 0 Å². The summed E-state index contributed by atoms with van der Waals surface area (Å²) < 4.78 is 1.14. The number of nitrogens with one attached hydrogen (secondary N) is 2. The van der Waals surface area contributed by atoms with Crippen LogP contribution >= 0.6 is 15.9 Å². The molecule has 112 valence electrons. The Morgan fingerprint density at radius 3 is 2.73 bits per heavy atom. The van der Waals surface area contributed by atoms with Crippen LogP contribution in [-0.4, -0.2) is 11.5 Å². The molecule has 22 heavy (non-hydrogen) atoms. The summed E-state index contributed by atoms with van der Waals surface area (Å²) in [5.74, 6) is 0. The quantitative estimate of drug-likeness (QED) is 0.684. The van der Waals surface area contributed by atoms with Crippen molar-refractivity contribution in [2.45, 2.75) is 25.8 Å². The number of aromatic nitrogens is 1. The Morgan fingerprint density at radius 1 is 1.14 bits per heavy atom. The molecule has 2 aromatic carbocycles. The van der Waals surface area contributed by atoms with E-state index >= 15 is 0 Å². The number of rotatable bonds is 2. The monoisotopic (exact) mass is 354 g/mol. The van der Waals surface area contributed by atoms with Crippen molar-refractivity contribution in [1.29, 1.82) is 0 Å². The van der Waals surface area contributed by atoms with Crippen molar-refractivity contribution in [3.63, 3.8) is 0 Å². The first-order chi connectivity index (χ1) is 10.8. The van der Waals surface area contributed by atoms with Crippen molar-refractivity contribution in [3.8, 4) is 0 Å². The smallest absolute Gasteiger partial charge is 0.0732 e. The van der Waals surface area contributed by atoms with Crippen LogP contribution in [0.4, 0.5) is 0 Å². The van der Waals surface area contributed by atoms with E-state index in [0.717, 1.165) is 23.9 Å². The Balaban J connectivity index is 1.82. The predicted octanol–water partition coefficient (Wildman–Crippen LogP) is 4.73. The maximum absolute atomic E-state index is 3.66. The molecule has 3 heteroatoms. The summed E-state index contributed by atoms with van der Waals surface area (Å²) in [6.45, 7) is 3.22. The minimum atomic E-state index is 0.265. The SMILES string of the molecule is CCc1ccc(C2NCCc3c2[nH]c2ccc(Br)cc32)cc1. The van der Waals surface area contributed by atoms with Gasteiger partial charge in [-0.25, -0.2) is 0 Å². The Kier molecular flexibility index (Phi) is 3.55. The summed E-state index contributed by atoms with van der Waals surface area (Å²) in [4.78, 5) is 3.64. The van der Waals surface area contributed by atoms with Gasteiger partial charge in [0.25, 0.3) is 0 Å². The highest BCUT2D eigenvalue weighted by Crippen LogP contribution is 2.34. The molecule has 2 N–H and O–H groups in total. The van der Waals surface area contributed by atoms with E-state index in [2.05, 4.69) is 75.6 Å². The molecular weight excluding hydrogens is 336 g/mol. The van der Waals surface area contributed by atoms with E-state index in [0.29, 0.717) is 0 Å². The van der Waals surface area contributed by atoms with Crippen LogP contribution in [0.1, 0.15) is 35.3 Å². The lowest BCUT2D eigenvalue weighted by Crippen LogP contribution is -2.30. The van der Waals surface area contributed by atoms with E-state index in [1.165, 1.54) is 33.3 Å². The predicted molar refractivity (Wildman–Crippen MR) is 95.4 cm³/mol. The molecule has 0 amide bonds. The van der Waals surface area contributed by atoms with Gasteiger partial charge in [0.15, 0.2) is 0 Å². The third kappa shape index (κ3) is 2.29. The maximum Gasteiger partial charge on any atom is 0.0732 e. The molecule has 1 unspecified atom stereocenters. The van der Waals surface area contributed by atoms with E-state index in [1.807, 2.05) is 0 Å². The third-order valence-electron chi connectivity index (χ3n) is 4.63. The number of benzene rings is 2. The van der Waals surface area contributed by atoms with Crippen LogP contribution in [0.25, 0.3) is 10.9 Å². The number of hydrogen-bond donors (Lipinski definition) is 2. The molecule has 2 heterocycles. The van der Waals surface area contributed by atoms with Crippen molar-refractivity contribution in [2.24, 2.45) is 0 Å². The molecule has 0 aliphatic carbocycles. The van der Waals surface area contributed by atoms with Crippen LogP contribution < -0.4 is 5.32 Å². The summed E-state index contributed by atoms with van der Waals surface area (Å²) in [6, 6.07) is 15.8. The Hall–Kier alpha value is -1.58. The molecule has 2 nitrogen and oxygen atoms in total. The van der Waals surface area contributed by atoms with Gasteiger partial charge >= 0.3 is 0 Å². The van der Waals surface area contributed by atoms with Gasteiger partial charge in [-0.2, -0.15) is 0 Å².